The van der Waals surface area contributed by atoms with E-state index < -0.39 is 12.0 Å². The number of likely N-dealkylation sites (N-methyl/N-ethyl adjacent to an activating group) is 1. The van der Waals surface area contributed by atoms with Crippen LogP contribution in [-0.4, -0.2) is 35.0 Å². The van der Waals surface area contributed by atoms with Gasteiger partial charge in [0.05, 0.1) is 19.0 Å². The standard InChI is InChI=1S/C10H14N2O3S/c1-12(6-7-3-2-4-16-7)10(15)8(11)5-9(13)14/h2-4,8H,5-6,11H2,1H3,(H,13,14). The van der Waals surface area contributed by atoms with Crippen molar-refractivity contribution in [3.05, 3.63) is 22.4 Å². The van der Waals surface area contributed by atoms with Crippen LogP contribution in [0.25, 0.3) is 0 Å². The number of thiophene rings is 1. The predicted octanol–water partition coefficient (Wildman–Crippen LogP) is 0.508. The van der Waals surface area contributed by atoms with Crippen molar-refractivity contribution in [3.63, 3.8) is 0 Å². The molecule has 1 atom stereocenters. The minimum Gasteiger partial charge on any atom is -0.481 e. The molecule has 1 rings (SSSR count). The molecule has 0 aliphatic heterocycles. The zero-order chi connectivity index (χ0) is 12.1. The molecule has 0 aromatic carbocycles. The highest BCUT2D eigenvalue weighted by Crippen LogP contribution is 2.11. The fraction of sp³-hybridized carbons (Fsp3) is 0.400. The molecule has 88 valence electrons. The van der Waals surface area contributed by atoms with E-state index in [0.717, 1.165) is 4.88 Å². The number of nitrogens with two attached hydrogens (primary N) is 1. The highest BCUT2D eigenvalue weighted by atomic mass is 32.1. The van der Waals surface area contributed by atoms with Crippen LogP contribution in [0.15, 0.2) is 17.5 Å². The van der Waals surface area contributed by atoms with Gasteiger partial charge in [0.2, 0.25) is 5.91 Å². The van der Waals surface area contributed by atoms with E-state index >= 15 is 0 Å². The van der Waals surface area contributed by atoms with Crippen LogP contribution in [-0.2, 0) is 16.1 Å². The summed E-state index contributed by atoms with van der Waals surface area (Å²) < 4.78 is 0. The average molecular weight is 242 g/mol. The number of carbonyl (C=O) groups is 2. The van der Waals surface area contributed by atoms with Gasteiger partial charge in [-0.1, -0.05) is 6.07 Å². The molecule has 1 aromatic heterocycles. The van der Waals surface area contributed by atoms with Gasteiger partial charge >= 0.3 is 5.97 Å². The highest BCUT2D eigenvalue weighted by molar-refractivity contribution is 7.09. The highest BCUT2D eigenvalue weighted by Gasteiger charge is 2.20. The molecule has 0 aliphatic carbocycles. The van der Waals surface area contributed by atoms with Crippen LogP contribution >= 0.6 is 11.3 Å². The monoisotopic (exact) mass is 242 g/mol. The molecule has 0 aliphatic rings. The van der Waals surface area contributed by atoms with Crippen molar-refractivity contribution in [2.24, 2.45) is 5.73 Å². The number of aliphatic carboxylic acids is 1. The van der Waals surface area contributed by atoms with Gasteiger partial charge in [0, 0.05) is 11.9 Å². The second kappa shape index (κ2) is 5.62. The van der Waals surface area contributed by atoms with Crippen molar-refractivity contribution in [3.8, 4) is 0 Å². The molecule has 0 spiro atoms. The summed E-state index contributed by atoms with van der Waals surface area (Å²) in [5.41, 5.74) is 5.48. The summed E-state index contributed by atoms with van der Waals surface area (Å²) in [6, 6.07) is 2.84. The maximum absolute atomic E-state index is 11.6. The molecule has 0 fully saturated rings. The molecule has 3 N–H and O–H groups in total. The number of carboxylic acids is 1. The molecule has 1 amide bonds. The molecule has 0 saturated heterocycles. The summed E-state index contributed by atoms with van der Waals surface area (Å²) >= 11 is 1.54. The second-order valence-corrected chi connectivity index (χ2v) is 4.51. The van der Waals surface area contributed by atoms with Gasteiger partial charge in [0.25, 0.3) is 0 Å². The summed E-state index contributed by atoms with van der Waals surface area (Å²) in [7, 11) is 1.61. The van der Waals surface area contributed by atoms with Gasteiger partial charge in [-0.05, 0) is 11.4 Å². The van der Waals surface area contributed by atoms with Crippen molar-refractivity contribution >= 4 is 23.2 Å². The summed E-state index contributed by atoms with van der Waals surface area (Å²) in [5.74, 6) is -1.42. The maximum Gasteiger partial charge on any atom is 0.305 e. The summed E-state index contributed by atoms with van der Waals surface area (Å²) in [6.07, 6.45) is -0.340. The Kier molecular flexibility index (Phi) is 4.45. The first-order chi connectivity index (χ1) is 7.50. The quantitative estimate of drug-likeness (QED) is 0.788. The number of hydrogen-bond donors (Lipinski definition) is 2. The van der Waals surface area contributed by atoms with E-state index in [4.69, 9.17) is 10.8 Å². The number of nitrogens with zero attached hydrogens (tertiary/aromatic N) is 1. The Labute approximate surface area is 97.5 Å². The van der Waals surface area contributed by atoms with Crippen molar-refractivity contribution in [1.29, 1.82) is 0 Å². The number of rotatable bonds is 5. The fourth-order valence-electron chi connectivity index (χ4n) is 1.27. The minimum absolute atomic E-state index is 0.340. The van der Waals surface area contributed by atoms with Gasteiger partial charge in [-0.25, -0.2) is 0 Å². The van der Waals surface area contributed by atoms with Crippen LogP contribution in [0.1, 0.15) is 11.3 Å². The molecule has 6 heteroatoms. The number of amides is 1. The van der Waals surface area contributed by atoms with Gasteiger partial charge in [-0.3, -0.25) is 9.59 Å². The van der Waals surface area contributed by atoms with E-state index in [9.17, 15) is 9.59 Å². The lowest BCUT2D eigenvalue weighted by Crippen LogP contribution is -2.42. The van der Waals surface area contributed by atoms with Crippen LogP contribution in [0.5, 0.6) is 0 Å². The van der Waals surface area contributed by atoms with E-state index in [1.165, 1.54) is 4.90 Å². The normalized spacial score (nSPS) is 12.1. The number of carboxylic acid groups (broad SMARTS) is 1. The molecular weight excluding hydrogens is 228 g/mol. The molecular formula is C10H14N2O3S. The number of carbonyl (C=O) groups excluding carboxylic acids is 1. The summed E-state index contributed by atoms with van der Waals surface area (Å²) in [5, 5.41) is 10.4. The Morgan fingerprint density at radius 1 is 1.62 bits per heavy atom. The van der Waals surface area contributed by atoms with E-state index in [1.807, 2.05) is 17.5 Å². The third kappa shape index (κ3) is 3.63. The van der Waals surface area contributed by atoms with Crippen LogP contribution in [0.4, 0.5) is 0 Å². The Morgan fingerprint density at radius 2 is 2.31 bits per heavy atom. The first kappa shape index (κ1) is 12.7. The number of hydrogen-bond acceptors (Lipinski definition) is 4. The minimum atomic E-state index is -1.06. The molecule has 16 heavy (non-hydrogen) atoms. The molecule has 0 saturated carbocycles. The third-order valence-electron chi connectivity index (χ3n) is 2.06. The van der Waals surface area contributed by atoms with Gasteiger partial charge in [0.15, 0.2) is 0 Å². The average Bonchev–Trinajstić information content (AvgIpc) is 2.68. The van der Waals surface area contributed by atoms with Crippen LogP contribution < -0.4 is 5.73 Å². The van der Waals surface area contributed by atoms with E-state index in [2.05, 4.69) is 0 Å². The topological polar surface area (TPSA) is 83.6 Å². The van der Waals surface area contributed by atoms with Crippen LogP contribution in [0.3, 0.4) is 0 Å². The van der Waals surface area contributed by atoms with E-state index in [0.29, 0.717) is 6.54 Å². The lowest BCUT2D eigenvalue weighted by Gasteiger charge is -2.19. The van der Waals surface area contributed by atoms with Crippen LogP contribution in [0.2, 0.25) is 0 Å². The molecule has 5 nitrogen and oxygen atoms in total. The smallest absolute Gasteiger partial charge is 0.305 e. The lowest BCUT2D eigenvalue weighted by molar-refractivity contribution is -0.141. The second-order valence-electron chi connectivity index (χ2n) is 3.48. The zero-order valence-corrected chi connectivity index (χ0v) is 9.74. The molecule has 1 heterocycles. The van der Waals surface area contributed by atoms with Crippen LogP contribution in [0, 0.1) is 0 Å². The van der Waals surface area contributed by atoms with Gasteiger partial charge in [-0.2, -0.15) is 0 Å². The largest absolute Gasteiger partial charge is 0.481 e. The maximum atomic E-state index is 11.6. The van der Waals surface area contributed by atoms with Gasteiger partial charge in [0.1, 0.15) is 0 Å². The molecule has 1 unspecified atom stereocenters. The predicted molar refractivity (Wildman–Crippen MR) is 61.0 cm³/mol. The molecule has 1 aromatic rings. The Balaban J connectivity index is 2.50. The van der Waals surface area contributed by atoms with Crippen molar-refractivity contribution in [2.45, 2.75) is 19.0 Å². The van der Waals surface area contributed by atoms with Gasteiger partial charge < -0.3 is 15.7 Å². The van der Waals surface area contributed by atoms with Crippen molar-refractivity contribution < 1.29 is 14.7 Å². The first-order valence-electron chi connectivity index (χ1n) is 4.75. The Morgan fingerprint density at radius 3 is 2.81 bits per heavy atom. The third-order valence-corrected chi connectivity index (χ3v) is 2.92. The summed E-state index contributed by atoms with van der Waals surface area (Å²) in [6.45, 7) is 0.462. The zero-order valence-electron chi connectivity index (χ0n) is 8.92. The SMILES string of the molecule is CN(Cc1cccs1)C(=O)C(N)CC(=O)O. The molecule has 0 bridgehead atoms. The summed E-state index contributed by atoms with van der Waals surface area (Å²) in [4.78, 5) is 24.5. The Hall–Kier alpha value is -1.40. The van der Waals surface area contributed by atoms with E-state index in [-0.39, 0.29) is 12.3 Å². The first-order valence-corrected chi connectivity index (χ1v) is 5.63. The fourth-order valence-corrected chi connectivity index (χ4v) is 2.03. The lowest BCUT2D eigenvalue weighted by atomic mass is 10.2. The van der Waals surface area contributed by atoms with Crippen molar-refractivity contribution in [2.75, 3.05) is 7.05 Å². The van der Waals surface area contributed by atoms with Crippen molar-refractivity contribution in [1.82, 2.24) is 4.90 Å². The van der Waals surface area contributed by atoms with Gasteiger partial charge in [-0.15, -0.1) is 11.3 Å². The Bertz CT molecular complexity index is 364. The van der Waals surface area contributed by atoms with E-state index in [1.54, 1.807) is 18.4 Å². The molecule has 0 radical (unpaired) electrons.